The number of nitrogens with zero attached hydrogens (tertiary/aromatic N) is 2. The van der Waals surface area contributed by atoms with Gasteiger partial charge in [-0.05, 0) is 31.0 Å². The Kier molecular flexibility index (Phi) is 7.01. The molecule has 0 radical (unpaired) electrons. The molecule has 4 rings (SSSR count). The van der Waals surface area contributed by atoms with E-state index in [0.717, 1.165) is 0 Å². The minimum absolute atomic E-state index is 0.0356. The smallest absolute Gasteiger partial charge is 0.296 e. The number of likely N-dealkylation sites (tertiary alicyclic amines) is 1. The number of nitro groups is 1. The van der Waals surface area contributed by atoms with Gasteiger partial charge in [-0.15, -0.1) is 0 Å². The number of benzene rings is 2. The van der Waals surface area contributed by atoms with E-state index in [1.807, 2.05) is 0 Å². The number of ether oxygens (including phenoxy) is 1. The Labute approximate surface area is 200 Å². The van der Waals surface area contributed by atoms with Crippen molar-refractivity contribution in [1.82, 2.24) is 9.62 Å². The van der Waals surface area contributed by atoms with E-state index in [9.17, 15) is 27.7 Å². The van der Waals surface area contributed by atoms with E-state index in [4.69, 9.17) is 4.74 Å². The molecular formula is C22H24F2N4O6S. The molecule has 1 amide bonds. The molecule has 188 valence electrons. The lowest BCUT2D eigenvalue weighted by atomic mass is 9.92. The first-order chi connectivity index (χ1) is 16.6. The molecule has 2 aliphatic rings. The van der Waals surface area contributed by atoms with Gasteiger partial charge in [0.2, 0.25) is 0 Å². The van der Waals surface area contributed by atoms with E-state index < -0.39 is 48.6 Å². The Hall–Kier alpha value is -3.16. The number of nitrogens with one attached hydrogen (secondary N) is 2. The van der Waals surface area contributed by atoms with Crippen LogP contribution in [-0.4, -0.2) is 68.7 Å². The lowest BCUT2D eigenvalue weighted by Crippen LogP contribution is -2.55. The van der Waals surface area contributed by atoms with Crippen molar-refractivity contribution in [2.45, 2.75) is 29.4 Å². The SMILES string of the molecule is O=C(NS(=O)(=O)c1cc(F)c(NCC2(F)CCN(C3COC3)CC2)c([N+](=O)[O-])c1)c1ccccc1. The summed E-state index contributed by atoms with van der Waals surface area (Å²) in [6.45, 7) is 1.80. The maximum absolute atomic E-state index is 15.3. The van der Waals surface area contributed by atoms with Crippen molar-refractivity contribution in [2.24, 2.45) is 0 Å². The van der Waals surface area contributed by atoms with Crippen LogP contribution in [0.1, 0.15) is 23.2 Å². The van der Waals surface area contributed by atoms with E-state index in [0.29, 0.717) is 38.4 Å². The van der Waals surface area contributed by atoms with Crippen LogP contribution in [0.4, 0.5) is 20.2 Å². The molecule has 2 saturated heterocycles. The van der Waals surface area contributed by atoms with Gasteiger partial charge in [-0.1, -0.05) is 18.2 Å². The largest absolute Gasteiger partial charge is 0.378 e. The summed E-state index contributed by atoms with van der Waals surface area (Å²) in [5, 5.41) is 14.1. The number of piperidine rings is 1. The molecule has 13 heteroatoms. The lowest BCUT2D eigenvalue weighted by molar-refractivity contribution is -0.384. The molecule has 2 heterocycles. The van der Waals surface area contributed by atoms with E-state index in [1.54, 1.807) is 10.8 Å². The van der Waals surface area contributed by atoms with Gasteiger partial charge >= 0.3 is 0 Å². The summed E-state index contributed by atoms with van der Waals surface area (Å²) in [4.78, 5) is 24.2. The van der Waals surface area contributed by atoms with Gasteiger partial charge in [0.05, 0.1) is 29.1 Å². The number of hydrogen-bond donors (Lipinski definition) is 2. The van der Waals surface area contributed by atoms with Gasteiger partial charge < -0.3 is 10.1 Å². The van der Waals surface area contributed by atoms with Crippen molar-refractivity contribution >= 4 is 27.3 Å². The summed E-state index contributed by atoms with van der Waals surface area (Å²) in [5.74, 6) is -2.23. The second kappa shape index (κ2) is 9.84. The van der Waals surface area contributed by atoms with Gasteiger partial charge in [-0.25, -0.2) is 21.9 Å². The zero-order valence-corrected chi connectivity index (χ0v) is 19.4. The van der Waals surface area contributed by atoms with Crippen LogP contribution in [0.2, 0.25) is 0 Å². The molecule has 0 bridgehead atoms. The summed E-state index contributed by atoms with van der Waals surface area (Å²) in [7, 11) is -4.62. The molecular weight excluding hydrogens is 486 g/mol. The van der Waals surface area contributed by atoms with Crippen LogP contribution in [0, 0.1) is 15.9 Å². The fourth-order valence-corrected chi connectivity index (χ4v) is 5.02. The number of halogens is 2. The highest BCUT2D eigenvalue weighted by Gasteiger charge is 2.39. The molecule has 2 aromatic carbocycles. The zero-order valence-electron chi connectivity index (χ0n) is 18.6. The van der Waals surface area contributed by atoms with Gasteiger partial charge in [0, 0.05) is 31.3 Å². The first-order valence-corrected chi connectivity index (χ1v) is 12.4. The van der Waals surface area contributed by atoms with Gasteiger partial charge in [-0.2, -0.15) is 0 Å². The topological polar surface area (TPSA) is 131 Å². The van der Waals surface area contributed by atoms with Crippen LogP contribution in [0.5, 0.6) is 0 Å². The highest BCUT2D eigenvalue weighted by molar-refractivity contribution is 7.90. The standard InChI is InChI=1S/C22H24F2N4O6S/c23-18-10-17(35(32,33)26-21(29)15-4-2-1-3-5-15)11-19(28(30)31)20(18)25-14-22(24)6-8-27(9-7-22)16-12-34-13-16/h1-5,10-11,16,25H,6-9,12-14H2,(H,26,29). The molecule has 10 nitrogen and oxygen atoms in total. The Morgan fingerprint density at radius 1 is 1.20 bits per heavy atom. The summed E-state index contributed by atoms with van der Waals surface area (Å²) >= 11 is 0. The molecule has 0 aliphatic carbocycles. The fourth-order valence-electron chi connectivity index (χ4n) is 4.02. The number of carbonyl (C=O) groups is 1. The average molecular weight is 511 g/mol. The minimum Gasteiger partial charge on any atom is -0.378 e. The fraction of sp³-hybridized carbons (Fsp3) is 0.409. The summed E-state index contributed by atoms with van der Waals surface area (Å²) < 4.78 is 62.3. The first-order valence-electron chi connectivity index (χ1n) is 10.9. The quantitative estimate of drug-likeness (QED) is 0.409. The Morgan fingerprint density at radius 3 is 2.43 bits per heavy atom. The second-order valence-electron chi connectivity index (χ2n) is 8.59. The number of amides is 1. The third-order valence-corrected chi connectivity index (χ3v) is 7.54. The molecule has 0 saturated carbocycles. The van der Waals surface area contributed by atoms with Crippen molar-refractivity contribution < 1.29 is 31.7 Å². The summed E-state index contributed by atoms with van der Waals surface area (Å²) in [5.41, 5.74) is -3.18. The molecule has 0 aromatic heterocycles. The highest BCUT2D eigenvalue weighted by atomic mass is 32.2. The van der Waals surface area contributed by atoms with Crippen molar-refractivity contribution in [2.75, 3.05) is 38.2 Å². The Bertz CT molecular complexity index is 1220. The lowest BCUT2D eigenvalue weighted by Gasteiger charge is -2.43. The number of carbonyl (C=O) groups excluding carboxylic acids is 1. The van der Waals surface area contributed by atoms with Crippen molar-refractivity contribution in [1.29, 1.82) is 0 Å². The van der Waals surface area contributed by atoms with E-state index in [2.05, 4.69) is 10.2 Å². The Morgan fingerprint density at radius 2 is 1.86 bits per heavy atom. The van der Waals surface area contributed by atoms with Crippen molar-refractivity contribution in [3.8, 4) is 0 Å². The molecule has 2 fully saturated rings. The molecule has 0 spiro atoms. The van der Waals surface area contributed by atoms with Crippen molar-refractivity contribution in [3.63, 3.8) is 0 Å². The number of anilines is 1. The molecule has 2 aromatic rings. The predicted molar refractivity (Wildman–Crippen MR) is 122 cm³/mol. The summed E-state index contributed by atoms with van der Waals surface area (Å²) in [6, 6.07) is 8.88. The molecule has 2 aliphatic heterocycles. The van der Waals surface area contributed by atoms with Gasteiger partial charge in [-0.3, -0.25) is 19.8 Å². The van der Waals surface area contributed by atoms with Gasteiger partial charge in [0.1, 0.15) is 11.4 Å². The maximum atomic E-state index is 15.3. The van der Waals surface area contributed by atoms with E-state index in [-0.39, 0.29) is 31.0 Å². The van der Waals surface area contributed by atoms with Gasteiger partial charge in [0.25, 0.3) is 21.6 Å². The van der Waals surface area contributed by atoms with Crippen LogP contribution in [-0.2, 0) is 14.8 Å². The van der Waals surface area contributed by atoms with Gasteiger partial charge in [0.15, 0.2) is 5.82 Å². The monoisotopic (exact) mass is 510 g/mol. The average Bonchev–Trinajstić information content (AvgIpc) is 2.78. The van der Waals surface area contributed by atoms with E-state index in [1.165, 1.54) is 24.3 Å². The van der Waals surface area contributed by atoms with Crippen LogP contribution >= 0.6 is 0 Å². The number of hydrogen-bond acceptors (Lipinski definition) is 8. The maximum Gasteiger partial charge on any atom is 0.296 e. The molecule has 0 atom stereocenters. The molecule has 0 unspecified atom stereocenters. The van der Waals surface area contributed by atoms with Crippen LogP contribution in [0.15, 0.2) is 47.4 Å². The van der Waals surface area contributed by atoms with E-state index >= 15 is 4.39 Å². The third kappa shape index (κ3) is 5.57. The van der Waals surface area contributed by atoms with Crippen molar-refractivity contribution in [3.05, 3.63) is 64.0 Å². The molecule has 35 heavy (non-hydrogen) atoms. The summed E-state index contributed by atoms with van der Waals surface area (Å²) in [6.07, 6.45) is 0.313. The third-order valence-electron chi connectivity index (χ3n) is 6.23. The molecule has 2 N–H and O–H groups in total. The Balaban J connectivity index is 1.49. The highest BCUT2D eigenvalue weighted by Crippen LogP contribution is 2.34. The first kappa shape index (κ1) is 24.9. The second-order valence-corrected chi connectivity index (χ2v) is 10.3. The van der Waals surface area contributed by atoms with Crippen LogP contribution in [0.3, 0.4) is 0 Å². The zero-order chi connectivity index (χ0) is 25.2. The van der Waals surface area contributed by atoms with Crippen LogP contribution < -0.4 is 10.0 Å². The number of rotatable bonds is 8. The predicted octanol–water partition coefficient (Wildman–Crippen LogP) is 2.47. The number of sulfonamides is 1. The van der Waals surface area contributed by atoms with Crippen LogP contribution in [0.25, 0.3) is 0 Å². The number of nitro benzene ring substituents is 1. The minimum atomic E-state index is -4.62. The normalized spacial score (nSPS) is 18.5. The number of alkyl halides is 1.